The Balaban J connectivity index is 1.69. The lowest BCUT2D eigenvalue weighted by Gasteiger charge is -2.14. The summed E-state index contributed by atoms with van der Waals surface area (Å²) in [5, 5.41) is 4.91. The summed E-state index contributed by atoms with van der Waals surface area (Å²) in [7, 11) is 0. The molecule has 0 aliphatic carbocycles. The molecule has 0 fully saturated rings. The van der Waals surface area contributed by atoms with Crippen molar-refractivity contribution in [1.29, 1.82) is 0 Å². The average molecular weight is 458 g/mol. The number of fused-ring (bicyclic) bond motifs is 1. The van der Waals surface area contributed by atoms with Gasteiger partial charge in [0.1, 0.15) is 12.4 Å². The molecule has 0 spiro atoms. The number of aromatic nitrogens is 2. The Kier molecular flexibility index (Phi) is 6.01. The lowest BCUT2D eigenvalue weighted by molar-refractivity contribution is -0.116. The van der Waals surface area contributed by atoms with Crippen LogP contribution in [0.1, 0.15) is 4.88 Å². The van der Waals surface area contributed by atoms with E-state index in [9.17, 15) is 18.8 Å². The fraction of sp³-hybridized carbons (Fsp3) is 0.136. The zero-order valence-corrected chi connectivity index (χ0v) is 17.8. The van der Waals surface area contributed by atoms with E-state index in [1.165, 1.54) is 16.7 Å². The molecule has 0 aliphatic rings. The minimum atomic E-state index is -0.682. The van der Waals surface area contributed by atoms with Crippen LogP contribution >= 0.6 is 22.9 Å². The Morgan fingerprint density at radius 1 is 1.06 bits per heavy atom. The number of rotatable bonds is 6. The van der Waals surface area contributed by atoms with Gasteiger partial charge in [0, 0.05) is 16.4 Å². The monoisotopic (exact) mass is 457 g/mol. The van der Waals surface area contributed by atoms with Crippen LogP contribution in [0.4, 0.5) is 10.1 Å². The highest BCUT2D eigenvalue weighted by atomic mass is 35.5. The summed E-state index contributed by atoms with van der Waals surface area (Å²) in [6, 6.07) is 14.3. The van der Waals surface area contributed by atoms with Crippen LogP contribution in [0, 0.1) is 5.82 Å². The predicted molar refractivity (Wildman–Crippen MR) is 121 cm³/mol. The van der Waals surface area contributed by atoms with Crippen LogP contribution in [0.2, 0.25) is 5.02 Å². The minimum Gasteiger partial charge on any atom is -0.322 e. The first-order valence-corrected chi connectivity index (χ1v) is 10.7. The van der Waals surface area contributed by atoms with Crippen molar-refractivity contribution in [1.82, 2.24) is 9.13 Å². The van der Waals surface area contributed by atoms with Crippen LogP contribution in [0.15, 0.2) is 69.6 Å². The molecule has 0 radical (unpaired) electrons. The Morgan fingerprint density at radius 2 is 1.87 bits per heavy atom. The minimum absolute atomic E-state index is 0.0437. The van der Waals surface area contributed by atoms with Gasteiger partial charge in [-0.05, 0) is 48.2 Å². The fourth-order valence-corrected chi connectivity index (χ4v) is 4.18. The van der Waals surface area contributed by atoms with Gasteiger partial charge in [-0.15, -0.1) is 11.3 Å². The van der Waals surface area contributed by atoms with E-state index < -0.39 is 23.0 Å². The number of hydrogen-bond donors (Lipinski definition) is 1. The molecule has 4 rings (SSSR count). The molecule has 2 aromatic heterocycles. The number of carbonyl (C=O) groups excluding carboxylic acids is 1. The molecule has 0 atom stereocenters. The van der Waals surface area contributed by atoms with E-state index in [-0.39, 0.29) is 23.8 Å². The van der Waals surface area contributed by atoms with E-state index in [2.05, 4.69) is 5.32 Å². The predicted octanol–water partition coefficient (Wildman–Crippen LogP) is 3.90. The zero-order valence-electron chi connectivity index (χ0n) is 16.2. The van der Waals surface area contributed by atoms with Crippen LogP contribution in [-0.4, -0.2) is 15.0 Å². The van der Waals surface area contributed by atoms with Crippen molar-refractivity contribution in [2.45, 2.75) is 19.5 Å². The topological polar surface area (TPSA) is 73.1 Å². The summed E-state index contributed by atoms with van der Waals surface area (Å²) < 4.78 is 16.4. The first kappa shape index (κ1) is 21.0. The third-order valence-electron chi connectivity index (χ3n) is 4.80. The van der Waals surface area contributed by atoms with Crippen LogP contribution in [-0.2, 0) is 24.3 Å². The lowest BCUT2D eigenvalue weighted by atomic mass is 10.2. The van der Waals surface area contributed by atoms with E-state index in [4.69, 9.17) is 11.6 Å². The van der Waals surface area contributed by atoms with E-state index in [0.29, 0.717) is 17.3 Å². The van der Waals surface area contributed by atoms with Gasteiger partial charge in [-0.1, -0.05) is 29.8 Å². The Bertz CT molecular complexity index is 1380. The average Bonchev–Trinajstić information content (AvgIpc) is 3.27. The van der Waals surface area contributed by atoms with E-state index >= 15 is 0 Å². The number of carbonyl (C=O) groups is 1. The summed E-state index contributed by atoms with van der Waals surface area (Å²) in [5.74, 6) is -1.28. The van der Waals surface area contributed by atoms with Gasteiger partial charge in [0.2, 0.25) is 5.91 Å². The summed E-state index contributed by atoms with van der Waals surface area (Å²) in [5.41, 5.74) is -0.695. The highest BCUT2D eigenvalue weighted by molar-refractivity contribution is 7.09. The number of para-hydroxylation sites is 1. The van der Waals surface area contributed by atoms with Gasteiger partial charge in [0.15, 0.2) is 0 Å². The van der Waals surface area contributed by atoms with Crippen molar-refractivity contribution in [2.75, 3.05) is 5.32 Å². The number of benzene rings is 2. The van der Waals surface area contributed by atoms with Gasteiger partial charge >= 0.3 is 5.69 Å². The number of nitrogens with one attached hydrogen (secondary N) is 1. The summed E-state index contributed by atoms with van der Waals surface area (Å²) in [6.07, 6.45) is 0.521. The molecular formula is C22H17ClFN3O3S. The van der Waals surface area contributed by atoms with Gasteiger partial charge in [-0.2, -0.15) is 0 Å². The lowest BCUT2D eigenvalue weighted by Crippen LogP contribution is -2.42. The highest BCUT2D eigenvalue weighted by Crippen LogP contribution is 2.19. The van der Waals surface area contributed by atoms with Crippen molar-refractivity contribution in [3.8, 4) is 0 Å². The molecule has 6 nitrogen and oxygen atoms in total. The molecule has 1 N–H and O–H groups in total. The molecule has 1 amide bonds. The van der Waals surface area contributed by atoms with Gasteiger partial charge in [-0.25, -0.2) is 9.18 Å². The molecule has 0 saturated carbocycles. The maximum atomic E-state index is 14.0. The second-order valence-electron chi connectivity index (χ2n) is 6.84. The molecule has 31 heavy (non-hydrogen) atoms. The second kappa shape index (κ2) is 8.87. The maximum Gasteiger partial charge on any atom is 0.331 e. The summed E-state index contributed by atoms with van der Waals surface area (Å²) in [4.78, 5) is 39.7. The summed E-state index contributed by atoms with van der Waals surface area (Å²) in [6.45, 7) is -0.183. The fourth-order valence-electron chi connectivity index (χ4n) is 3.32. The van der Waals surface area contributed by atoms with Crippen LogP contribution in [0.5, 0.6) is 0 Å². The van der Waals surface area contributed by atoms with Crippen LogP contribution in [0.25, 0.3) is 10.9 Å². The first-order valence-electron chi connectivity index (χ1n) is 9.43. The SMILES string of the molecule is O=C(Cn1c(=O)n(CCc2cccs2)c(=O)c2ccccc21)Nc1ccc(Cl)cc1F. The molecule has 0 unspecified atom stereocenters. The Labute approximate surface area is 185 Å². The number of nitrogens with zero attached hydrogens (tertiary/aromatic N) is 2. The maximum absolute atomic E-state index is 14.0. The van der Waals surface area contributed by atoms with Gasteiger partial charge in [0.05, 0.1) is 16.6 Å². The zero-order chi connectivity index (χ0) is 22.0. The van der Waals surface area contributed by atoms with Crippen molar-refractivity contribution >= 4 is 45.4 Å². The molecule has 0 bridgehead atoms. The van der Waals surface area contributed by atoms with E-state index in [1.807, 2.05) is 17.5 Å². The Morgan fingerprint density at radius 3 is 2.61 bits per heavy atom. The molecule has 0 saturated heterocycles. The molecule has 9 heteroatoms. The third-order valence-corrected chi connectivity index (χ3v) is 5.97. The van der Waals surface area contributed by atoms with Gasteiger partial charge < -0.3 is 5.32 Å². The van der Waals surface area contributed by atoms with Crippen molar-refractivity contribution in [3.63, 3.8) is 0 Å². The number of thiophene rings is 1. The number of hydrogen-bond acceptors (Lipinski definition) is 4. The van der Waals surface area contributed by atoms with Gasteiger partial charge in [-0.3, -0.25) is 18.7 Å². The van der Waals surface area contributed by atoms with Crippen LogP contribution < -0.4 is 16.6 Å². The smallest absolute Gasteiger partial charge is 0.322 e. The largest absolute Gasteiger partial charge is 0.331 e. The number of anilines is 1. The first-order chi connectivity index (χ1) is 14.9. The molecule has 0 aliphatic heterocycles. The van der Waals surface area contributed by atoms with Crippen LogP contribution in [0.3, 0.4) is 0 Å². The van der Waals surface area contributed by atoms with Gasteiger partial charge in [0.25, 0.3) is 5.56 Å². The number of amides is 1. The molecule has 2 aromatic carbocycles. The third kappa shape index (κ3) is 4.45. The number of aryl methyl sites for hydroxylation is 1. The Hall–Kier alpha value is -3.23. The molecular weight excluding hydrogens is 441 g/mol. The second-order valence-corrected chi connectivity index (χ2v) is 8.31. The molecule has 2 heterocycles. The molecule has 4 aromatic rings. The molecule has 158 valence electrons. The summed E-state index contributed by atoms with van der Waals surface area (Å²) >= 11 is 7.28. The van der Waals surface area contributed by atoms with Crippen molar-refractivity contribution < 1.29 is 9.18 Å². The normalized spacial score (nSPS) is 11.0. The highest BCUT2D eigenvalue weighted by Gasteiger charge is 2.16. The van der Waals surface area contributed by atoms with E-state index in [0.717, 1.165) is 15.5 Å². The van der Waals surface area contributed by atoms with Crippen molar-refractivity contribution in [2.24, 2.45) is 0 Å². The van der Waals surface area contributed by atoms with Crippen molar-refractivity contribution in [3.05, 3.63) is 96.5 Å². The van der Waals surface area contributed by atoms with E-state index in [1.54, 1.807) is 35.6 Å². The number of halogens is 2. The quantitative estimate of drug-likeness (QED) is 0.477. The standard InChI is InChI=1S/C22H17ClFN3O3S/c23-14-7-8-18(17(24)12-14)25-20(28)13-27-19-6-2-1-5-16(19)21(29)26(22(27)30)10-9-15-4-3-11-31-15/h1-8,11-12H,9-10,13H2,(H,25,28).